The van der Waals surface area contributed by atoms with Crippen molar-refractivity contribution in [1.82, 2.24) is 0 Å². The van der Waals surface area contributed by atoms with Crippen LogP contribution in [0, 0.1) is 18.3 Å². The molecule has 0 aliphatic carbocycles. The highest BCUT2D eigenvalue weighted by Gasteiger charge is 2.18. The van der Waals surface area contributed by atoms with E-state index >= 15 is 0 Å². The van der Waals surface area contributed by atoms with Gasteiger partial charge in [-0.05, 0) is 30.7 Å². The lowest BCUT2D eigenvalue weighted by Crippen LogP contribution is -2.14. The number of nitrogens with zero attached hydrogens (tertiary/aromatic N) is 1. The topological polar surface area (TPSA) is 71.4 Å². The molecule has 0 spiro atoms. The fraction of sp³-hybridized carbons (Fsp3) is 0.111. The Bertz CT molecular complexity index is 834. The molecule has 1 N–H and O–H groups in total. The third-order valence-electron chi connectivity index (χ3n) is 3.49. The molecule has 0 saturated heterocycles. The second kappa shape index (κ2) is 6.24. The number of carbonyl (C=O) groups excluding carboxylic acids is 1. The summed E-state index contributed by atoms with van der Waals surface area (Å²) in [7, 11) is 0. The molecule has 0 saturated carbocycles. The summed E-state index contributed by atoms with van der Waals surface area (Å²) < 4.78 is 10.7. The number of rotatable bonds is 3. The van der Waals surface area contributed by atoms with Crippen LogP contribution in [0.4, 0.5) is 5.69 Å². The minimum absolute atomic E-state index is 0.00264. The molecule has 5 nitrogen and oxygen atoms in total. The SMILES string of the molecule is Cc1ccccc1NC(=O)/C(C#N)=C/c1cccc2c1OCO2. The summed E-state index contributed by atoms with van der Waals surface area (Å²) in [6.45, 7) is 2.03. The van der Waals surface area contributed by atoms with E-state index in [1.54, 1.807) is 24.3 Å². The summed E-state index contributed by atoms with van der Waals surface area (Å²) in [5, 5.41) is 12.0. The van der Waals surface area contributed by atoms with Crippen LogP contribution in [-0.2, 0) is 4.79 Å². The number of benzene rings is 2. The number of fused-ring (bicyclic) bond motifs is 1. The van der Waals surface area contributed by atoms with Crippen LogP contribution in [0.1, 0.15) is 11.1 Å². The van der Waals surface area contributed by atoms with E-state index < -0.39 is 5.91 Å². The number of aryl methyl sites for hydroxylation is 1. The molecule has 23 heavy (non-hydrogen) atoms. The van der Waals surface area contributed by atoms with Gasteiger partial charge in [-0.3, -0.25) is 4.79 Å². The molecule has 0 unspecified atom stereocenters. The van der Waals surface area contributed by atoms with Crippen molar-refractivity contribution in [3.8, 4) is 17.6 Å². The lowest BCUT2D eigenvalue weighted by Gasteiger charge is -2.07. The van der Waals surface area contributed by atoms with Crippen molar-refractivity contribution in [2.24, 2.45) is 0 Å². The van der Waals surface area contributed by atoms with Crippen LogP contribution < -0.4 is 14.8 Å². The highest BCUT2D eigenvalue weighted by atomic mass is 16.7. The first-order chi connectivity index (χ1) is 11.2. The number of amides is 1. The number of hydrogen-bond donors (Lipinski definition) is 1. The van der Waals surface area contributed by atoms with E-state index in [9.17, 15) is 10.1 Å². The maximum atomic E-state index is 12.3. The normalized spacial score (nSPS) is 12.6. The summed E-state index contributed by atoms with van der Waals surface area (Å²) in [5.74, 6) is 0.692. The van der Waals surface area contributed by atoms with Crippen LogP contribution in [0.25, 0.3) is 6.08 Å². The molecule has 3 rings (SSSR count). The van der Waals surface area contributed by atoms with Gasteiger partial charge in [-0.25, -0.2) is 0 Å². The molecule has 2 aromatic carbocycles. The number of ether oxygens (including phenoxy) is 2. The van der Waals surface area contributed by atoms with Crippen molar-refractivity contribution in [3.63, 3.8) is 0 Å². The number of carbonyl (C=O) groups is 1. The van der Waals surface area contributed by atoms with Crippen LogP contribution >= 0.6 is 0 Å². The van der Waals surface area contributed by atoms with Crippen LogP contribution in [0.15, 0.2) is 48.0 Å². The fourth-order valence-electron chi connectivity index (χ4n) is 2.27. The lowest BCUT2D eigenvalue weighted by atomic mass is 10.1. The first-order valence-corrected chi connectivity index (χ1v) is 7.06. The maximum absolute atomic E-state index is 12.3. The van der Waals surface area contributed by atoms with Crippen LogP contribution in [0.5, 0.6) is 11.5 Å². The largest absolute Gasteiger partial charge is 0.454 e. The molecule has 2 aromatic rings. The quantitative estimate of drug-likeness (QED) is 0.698. The van der Waals surface area contributed by atoms with Crippen molar-refractivity contribution >= 4 is 17.7 Å². The van der Waals surface area contributed by atoms with Gasteiger partial charge in [0.05, 0.1) is 0 Å². The van der Waals surface area contributed by atoms with E-state index in [2.05, 4.69) is 5.32 Å². The van der Waals surface area contributed by atoms with E-state index in [0.29, 0.717) is 22.7 Å². The van der Waals surface area contributed by atoms with E-state index in [0.717, 1.165) is 5.56 Å². The lowest BCUT2D eigenvalue weighted by molar-refractivity contribution is -0.112. The van der Waals surface area contributed by atoms with Crippen LogP contribution in [-0.4, -0.2) is 12.7 Å². The predicted octanol–water partition coefficient (Wildman–Crippen LogP) is 3.27. The zero-order valence-corrected chi connectivity index (χ0v) is 12.5. The molecular weight excluding hydrogens is 292 g/mol. The number of nitriles is 1. The number of hydrogen-bond acceptors (Lipinski definition) is 4. The molecule has 114 valence electrons. The van der Waals surface area contributed by atoms with E-state index in [4.69, 9.17) is 9.47 Å². The minimum atomic E-state index is -0.460. The average molecular weight is 306 g/mol. The van der Waals surface area contributed by atoms with Crippen LogP contribution in [0.3, 0.4) is 0 Å². The Morgan fingerprint density at radius 3 is 2.83 bits per heavy atom. The number of para-hydroxylation sites is 2. The summed E-state index contributed by atoms with van der Waals surface area (Å²) in [5.41, 5.74) is 2.24. The number of nitrogens with one attached hydrogen (secondary N) is 1. The molecule has 0 atom stereocenters. The van der Waals surface area contributed by atoms with Crippen molar-refractivity contribution < 1.29 is 14.3 Å². The Morgan fingerprint density at radius 2 is 2.04 bits per heavy atom. The third-order valence-corrected chi connectivity index (χ3v) is 3.49. The zero-order chi connectivity index (χ0) is 16.2. The first-order valence-electron chi connectivity index (χ1n) is 7.06. The van der Waals surface area contributed by atoms with E-state index in [1.165, 1.54) is 6.08 Å². The molecule has 1 amide bonds. The summed E-state index contributed by atoms with van der Waals surface area (Å²) in [6.07, 6.45) is 1.50. The smallest absolute Gasteiger partial charge is 0.266 e. The molecule has 0 bridgehead atoms. The molecule has 5 heteroatoms. The van der Waals surface area contributed by atoms with Gasteiger partial charge in [0.2, 0.25) is 6.79 Å². The fourth-order valence-corrected chi connectivity index (χ4v) is 2.27. The van der Waals surface area contributed by atoms with Crippen molar-refractivity contribution in [3.05, 3.63) is 59.2 Å². The number of anilines is 1. The van der Waals surface area contributed by atoms with Gasteiger partial charge in [0.1, 0.15) is 11.6 Å². The van der Waals surface area contributed by atoms with E-state index in [-0.39, 0.29) is 12.4 Å². The average Bonchev–Trinajstić information content (AvgIpc) is 3.04. The van der Waals surface area contributed by atoms with Crippen molar-refractivity contribution in [2.75, 3.05) is 12.1 Å². The monoisotopic (exact) mass is 306 g/mol. The second-order valence-corrected chi connectivity index (χ2v) is 5.02. The van der Waals surface area contributed by atoms with Gasteiger partial charge in [0.15, 0.2) is 11.5 Å². The predicted molar refractivity (Wildman–Crippen MR) is 86.0 cm³/mol. The van der Waals surface area contributed by atoms with Crippen molar-refractivity contribution in [2.45, 2.75) is 6.92 Å². The summed E-state index contributed by atoms with van der Waals surface area (Å²) >= 11 is 0. The summed E-state index contributed by atoms with van der Waals surface area (Å²) in [6, 6.07) is 14.7. The van der Waals surface area contributed by atoms with Gasteiger partial charge in [0.25, 0.3) is 5.91 Å². The van der Waals surface area contributed by atoms with Gasteiger partial charge in [-0.15, -0.1) is 0 Å². The molecule has 1 aliphatic heterocycles. The van der Waals surface area contributed by atoms with Gasteiger partial charge in [0, 0.05) is 11.3 Å². The Morgan fingerprint density at radius 1 is 1.22 bits per heavy atom. The van der Waals surface area contributed by atoms with Gasteiger partial charge < -0.3 is 14.8 Å². The molecular formula is C18H14N2O3. The standard InChI is InChI=1S/C18H14N2O3/c1-12-5-2-3-7-15(12)20-18(21)14(10-19)9-13-6-4-8-16-17(13)23-11-22-16/h2-9H,11H2,1H3,(H,20,21)/b14-9+. The first kappa shape index (κ1) is 14.7. The van der Waals surface area contributed by atoms with Gasteiger partial charge >= 0.3 is 0 Å². The van der Waals surface area contributed by atoms with E-state index in [1.807, 2.05) is 31.2 Å². The summed E-state index contributed by atoms with van der Waals surface area (Å²) in [4.78, 5) is 12.3. The Kier molecular flexibility index (Phi) is 3.98. The molecule has 0 radical (unpaired) electrons. The van der Waals surface area contributed by atoms with Gasteiger partial charge in [-0.1, -0.05) is 30.3 Å². The van der Waals surface area contributed by atoms with Crippen molar-refractivity contribution in [1.29, 1.82) is 5.26 Å². The molecule has 1 heterocycles. The minimum Gasteiger partial charge on any atom is -0.454 e. The zero-order valence-electron chi connectivity index (χ0n) is 12.5. The van der Waals surface area contributed by atoms with Gasteiger partial charge in [-0.2, -0.15) is 5.26 Å². The highest BCUT2D eigenvalue weighted by molar-refractivity contribution is 6.10. The Balaban J connectivity index is 1.88. The third kappa shape index (κ3) is 3.01. The molecule has 0 fully saturated rings. The second-order valence-electron chi connectivity index (χ2n) is 5.02. The Labute approximate surface area is 133 Å². The molecule has 0 aromatic heterocycles. The Hall–Kier alpha value is -3.26. The highest BCUT2D eigenvalue weighted by Crippen LogP contribution is 2.36. The molecule has 1 aliphatic rings. The maximum Gasteiger partial charge on any atom is 0.266 e. The van der Waals surface area contributed by atoms with Crippen LogP contribution in [0.2, 0.25) is 0 Å².